The molecule has 1 N–H and O–H groups in total. The molecule has 0 saturated heterocycles. The van der Waals surface area contributed by atoms with E-state index in [1.807, 2.05) is 0 Å². The fraction of sp³-hybridized carbons (Fsp3) is 0.385. The smallest absolute Gasteiger partial charge is 0.306 e. The second-order valence-electron chi connectivity index (χ2n) is 3.70. The monoisotopic (exact) mass is 269 g/mol. The van der Waals surface area contributed by atoms with Crippen molar-refractivity contribution in [1.82, 2.24) is 0 Å². The van der Waals surface area contributed by atoms with Crippen LogP contribution in [-0.2, 0) is 14.3 Å². The normalized spacial score (nSPS) is 9.84. The largest absolute Gasteiger partial charge is 0.494 e. The highest BCUT2D eigenvalue weighted by Crippen LogP contribution is 2.21. The van der Waals surface area contributed by atoms with Gasteiger partial charge in [0.2, 0.25) is 5.91 Å². The molecule has 0 spiro atoms. The van der Waals surface area contributed by atoms with Crippen LogP contribution in [0.3, 0.4) is 0 Å². The Labute approximate surface area is 110 Å². The van der Waals surface area contributed by atoms with Crippen molar-refractivity contribution in [3.05, 3.63) is 24.0 Å². The summed E-state index contributed by atoms with van der Waals surface area (Å²) in [6, 6.07) is 3.98. The molecule has 0 unspecified atom stereocenters. The van der Waals surface area contributed by atoms with Crippen LogP contribution in [0.1, 0.15) is 19.8 Å². The van der Waals surface area contributed by atoms with E-state index in [1.165, 1.54) is 25.3 Å². The number of carbonyl (C=O) groups excluding carboxylic acids is 2. The fourth-order valence-electron chi connectivity index (χ4n) is 1.41. The third-order valence-corrected chi connectivity index (χ3v) is 2.30. The number of hydrogen-bond donors (Lipinski definition) is 1. The van der Waals surface area contributed by atoms with Crippen LogP contribution >= 0.6 is 0 Å². The van der Waals surface area contributed by atoms with Crippen molar-refractivity contribution in [2.75, 3.05) is 19.0 Å². The summed E-state index contributed by atoms with van der Waals surface area (Å²) in [7, 11) is 1.34. The van der Waals surface area contributed by atoms with Crippen molar-refractivity contribution >= 4 is 17.6 Å². The molecule has 19 heavy (non-hydrogen) atoms. The number of esters is 1. The van der Waals surface area contributed by atoms with Crippen LogP contribution in [0.2, 0.25) is 0 Å². The molecule has 0 saturated carbocycles. The molecule has 0 fully saturated rings. The van der Waals surface area contributed by atoms with Gasteiger partial charge in [-0.3, -0.25) is 9.59 Å². The first-order valence-electron chi connectivity index (χ1n) is 5.85. The van der Waals surface area contributed by atoms with Gasteiger partial charge < -0.3 is 14.8 Å². The second-order valence-corrected chi connectivity index (χ2v) is 3.70. The van der Waals surface area contributed by atoms with Crippen LogP contribution in [-0.4, -0.2) is 25.6 Å². The molecule has 1 rings (SSSR count). The second kappa shape index (κ2) is 7.35. The number of anilines is 1. The Hall–Kier alpha value is -2.11. The van der Waals surface area contributed by atoms with E-state index in [2.05, 4.69) is 5.32 Å². The number of halogens is 1. The lowest BCUT2D eigenvalue weighted by atomic mass is 10.2. The minimum atomic E-state index is -0.507. The van der Waals surface area contributed by atoms with Gasteiger partial charge in [0.05, 0.1) is 20.1 Å². The minimum absolute atomic E-state index is 0.0119. The van der Waals surface area contributed by atoms with Gasteiger partial charge in [-0.1, -0.05) is 0 Å². The molecular weight excluding hydrogens is 253 g/mol. The van der Waals surface area contributed by atoms with Crippen LogP contribution in [0.15, 0.2) is 18.2 Å². The number of benzene rings is 1. The lowest BCUT2D eigenvalue weighted by molar-refractivity contribution is -0.144. The Morgan fingerprint density at radius 2 is 2.05 bits per heavy atom. The van der Waals surface area contributed by atoms with Crippen LogP contribution in [0.25, 0.3) is 0 Å². The van der Waals surface area contributed by atoms with Gasteiger partial charge in [0.15, 0.2) is 11.6 Å². The number of carbonyl (C=O) groups is 2. The average Bonchev–Trinajstić information content (AvgIpc) is 2.39. The molecule has 0 heterocycles. The molecule has 0 aliphatic rings. The summed E-state index contributed by atoms with van der Waals surface area (Å²) in [6.45, 7) is 1.98. The number of ether oxygens (including phenoxy) is 2. The minimum Gasteiger partial charge on any atom is -0.494 e. The standard InChI is InChI=1S/C13H16FNO4/c1-3-19-13(17)7-6-12(16)15-9-4-5-10(14)11(8-9)18-2/h4-5,8H,3,6-7H2,1-2H3,(H,15,16). The molecule has 0 aliphatic heterocycles. The molecule has 5 nitrogen and oxygen atoms in total. The molecule has 0 radical (unpaired) electrons. The van der Waals surface area contributed by atoms with Crippen LogP contribution in [0, 0.1) is 5.82 Å². The maximum absolute atomic E-state index is 13.1. The maximum atomic E-state index is 13.1. The van der Waals surface area contributed by atoms with Gasteiger partial charge >= 0.3 is 5.97 Å². The first-order chi connectivity index (χ1) is 9.06. The van der Waals surface area contributed by atoms with Gasteiger partial charge in [0.1, 0.15) is 0 Å². The zero-order valence-electron chi connectivity index (χ0n) is 10.9. The van der Waals surface area contributed by atoms with Crippen molar-refractivity contribution in [2.24, 2.45) is 0 Å². The molecule has 0 aliphatic carbocycles. The maximum Gasteiger partial charge on any atom is 0.306 e. The van der Waals surface area contributed by atoms with Crippen molar-refractivity contribution in [3.63, 3.8) is 0 Å². The van der Waals surface area contributed by atoms with E-state index in [4.69, 9.17) is 9.47 Å². The van der Waals surface area contributed by atoms with Gasteiger partial charge in [-0.25, -0.2) is 4.39 Å². The lowest BCUT2D eigenvalue weighted by Gasteiger charge is -2.07. The first-order valence-corrected chi connectivity index (χ1v) is 5.85. The summed E-state index contributed by atoms with van der Waals surface area (Å²) in [5.74, 6) is -1.23. The predicted octanol–water partition coefficient (Wildman–Crippen LogP) is 2.12. The number of rotatable bonds is 6. The molecule has 1 amide bonds. The van der Waals surface area contributed by atoms with Crippen LogP contribution in [0.4, 0.5) is 10.1 Å². The van der Waals surface area contributed by atoms with E-state index in [0.717, 1.165) is 0 Å². The van der Waals surface area contributed by atoms with E-state index >= 15 is 0 Å². The summed E-state index contributed by atoms with van der Waals surface area (Å²) in [5, 5.41) is 2.55. The van der Waals surface area contributed by atoms with Gasteiger partial charge in [-0.2, -0.15) is 0 Å². The van der Waals surface area contributed by atoms with Crippen LogP contribution < -0.4 is 10.1 Å². The van der Waals surface area contributed by atoms with Crippen LogP contribution in [0.5, 0.6) is 5.75 Å². The highest BCUT2D eigenvalue weighted by atomic mass is 19.1. The SMILES string of the molecule is CCOC(=O)CCC(=O)Nc1ccc(F)c(OC)c1. The highest BCUT2D eigenvalue weighted by molar-refractivity contribution is 5.92. The van der Waals surface area contributed by atoms with Gasteiger partial charge in [-0.05, 0) is 19.1 Å². The Bertz CT molecular complexity index is 462. The third kappa shape index (κ3) is 4.95. The quantitative estimate of drug-likeness (QED) is 0.803. The highest BCUT2D eigenvalue weighted by Gasteiger charge is 2.09. The van der Waals surface area contributed by atoms with E-state index < -0.39 is 11.8 Å². The Morgan fingerprint density at radius 1 is 1.32 bits per heavy atom. The Balaban J connectivity index is 2.50. The van der Waals surface area contributed by atoms with Crippen molar-refractivity contribution in [2.45, 2.75) is 19.8 Å². The summed E-state index contributed by atoms with van der Waals surface area (Å²) in [6.07, 6.45) is 0.0243. The van der Waals surface area contributed by atoms with Gasteiger partial charge in [0, 0.05) is 18.2 Å². The topological polar surface area (TPSA) is 64.6 Å². The third-order valence-electron chi connectivity index (χ3n) is 2.30. The number of amides is 1. The van der Waals surface area contributed by atoms with Gasteiger partial charge in [0.25, 0.3) is 0 Å². The zero-order chi connectivity index (χ0) is 14.3. The van der Waals surface area contributed by atoms with E-state index in [0.29, 0.717) is 5.69 Å². The average molecular weight is 269 g/mol. The molecule has 0 aromatic heterocycles. The molecular formula is C13H16FNO4. The summed E-state index contributed by atoms with van der Waals surface area (Å²) in [4.78, 5) is 22.6. The van der Waals surface area contributed by atoms with Crippen molar-refractivity contribution in [1.29, 1.82) is 0 Å². The van der Waals surface area contributed by atoms with Crippen molar-refractivity contribution < 1.29 is 23.5 Å². The molecule has 6 heteroatoms. The number of nitrogens with one attached hydrogen (secondary N) is 1. The number of hydrogen-bond acceptors (Lipinski definition) is 4. The van der Waals surface area contributed by atoms with Crippen molar-refractivity contribution in [3.8, 4) is 5.75 Å². The Kier molecular flexibility index (Phi) is 5.78. The van der Waals surface area contributed by atoms with E-state index in [1.54, 1.807) is 6.92 Å². The predicted molar refractivity (Wildman–Crippen MR) is 67.4 cm³/mol. The zero-order valence-corrected chi connectivity index (χ0v) is 10.9. The molecule has 104 valence electrons. The molecule has 1 aromatic carbocycles. The molecule has 0 bridgehead atoms. The molecule has 1 aromatic rings. The Morgan fingerprint density at radius 3 is 2.68 bits per heavy atom. The van der Waals surface area contributed by atoms with Gasteiger partial charge in [-0.15, -0.1) is 0 Å². The summed E-state index contributed by atoms with van der Waals surface area (Å²) in [5.41, 5.74) is 0.409. The lowest BCUT2D eigenvalue weighted by Crippen LogP contribution is -2.14. The fourth-order valence-corrected chi connectivity index (χ4v) is 1.41. The molecule has 0 atom stereocenters. The first kappa shape index (κ1) is 14.9. The summed E-state index contributed by atoms with van der Waals surface area (Å²) >= 11 is 0. The van der Waals surface area contributed by atoms with E-state index in [9.17, 15) is 14.0 Å². The number of methoxy groups -OCH3 is 1. The summed E-state index contributed by atoms with van der Waals surface area (Å²) < 4.78 is 22.7. The van der Waals surface area contributed by atoms with E-state index in [-0.39, 0.29) is 31.1 Å².